The maximum absolute atomic E-state index is 5.51. The van der Waals surface area contributed by atoms with Gasteiger partial charge in [-0.3, -0.25) is 0 Å². The van der Waals surface area contributed by atoms with Crippen molar-refractivity contribution in [2.75, 3.05) is 5.73 Å². The van der Waals surface area contributed by atoms with Crippen LogP contribution in [0.1, 0.15) is 5.69 Å². The number of pyridine rings is 1. The summed E-state index contributed by atoms with van der Waals surface area (Å²) in [5, 5.41) is 0. The second kappa shape index (κ2) is 1.99. The zero-order valence-electron chi connectivity index (χ0n) is 6.26. The first kappa shape index (κ1) is 6.22. The maximum Gasteiger partial charge on any atom is 0.124 e. The van der Waals surface area contributed by atoms with Gasteiger partial charge in [-0.25, -0.2) is 4.98 Å². The number of hydrogen-bond acceptors (Lipinski definition) is 2. The first-order valence-corrected chi connectivity index (χ1v) is 3.47. The summed E-state index contributed by atoms with van der Waals surface area (Å²) < 4.78 is 0. The van der Waals surface area contributed by atoms with Crippen LogP contribution in [-0.4, -0.2) is 9.97 Å². The SMILES string of the molecule is Cc1cc2nc(N)ccc2[nH]1. The summed E-state index contributed by atoms with van der Waals surface area (Å²) in [6, 6.07) is 5.70. The van der Waals surface area contributed by atoms with E-state index in [0.717, 1.165) is 16.7 Å². The molecule has 2 rings (SSSR count). The van der Waals surface area contributed by atoms with Gasteiger partial charge in [0.05, 0.1) is 11.0 Å². The van der Waals surface area contributed by atoms with E-state index in [0.29, 0.717) is 5.82 Å². The highest BCUT2D eigenvalue weighted by Crippen LogP contribution is 2.13. The second-order valence-corrected chi connectivity index (χ2v) is 2.62. The number of fused-ring (bicyclic) bond motifs is 1. The first-order chi connectivity index (χ1) is 5.25. The van der Waals surface area contributed by atoms with Gasteiger partial charge in [-0.2, -0.15) is 0 Å². The number of H-pyrrole nitrogens is 1. The minimum absolute atomic E-state index is 0.566. The molecule has 2 heterocycles. The van der Waals surface area contributed by atoms with Crippen molar-refractivity contribution in [1.82, 2.24) is 9.97 Å². The van der Waals surface area contributed by atoms with E-state index >= 15 is 0 Å². The Bertz CT molecular complexity index is 389. The van der Waals surface area contributed by atoms with Crippen molar-refractivity contribution >= 4 is 16.9 Å². The van der Waals surface area contributed by atoms with E-state index in [1.54, 1.807) is 6.07 Å². The third-order valence-electron chi connectivity index (χ3n) is 1.63. The largest absolute Gasteiger partial charge is 0.384 e. The van der Waals surface area contributed by atoms with Crippen LogP contribution in [0.2, 0.25) is 0 Å². The van der Waals surface area contributed by atoms with Crippen LogP contribution in [0.25, 0.3) is 11.0 Å². The predicted molar refractivity (Wildman–Crippen MR) is 45.2 cm³/mol. The Labute approximate surface area is 64.2 Å². The van der Waals surface area contributed by atoms with Gasteiger partial charge < -0.3 is 10.7 Å². The molecule has 0 saturated heterocycles. The molecule has 3 nitrogen and oxygen atoms in total. The van der Waals surface area contributed by atoms with E-state index in [2.05, 4.69) is 9.97 Å². The van der Waals surface area contributed by atoms with E-state index in [1.807, 2.05) is 19.1 Å². The third-order valence-corrected chi connectivity index (χ3v) is 1.63. The zero-order chi connectivity index (χ0) is 7.84. The van der Waals surface area contributed by atoms with Crippen LogP contribution in [0.5, 0.6) is 0 Å². The quantitative estimate of drug-likeness (QED) is 0.592. The van der Waals surface area contributed by atoms with Crippen molar-refractivity contribution in [3.05, 3.63) is 23.9 Å². The number of nitrogens with zero attached hydrogens (tertiary/aromatic N) is 1. The molecule has 0 spiro atoms. The summed E-state index contributed by atoms with van der Waals surface area (Å²) in [4.78, 5) is 7.31. The van der Waals surface area contributed by atoms with Crippen LogP contribution in [-0.2, 0) is 0 Å². The Morgan fingerprint density at radius 2 is 2.27 bits per heavy atom. The van der Waals surface area contributed by atoms with Crippen LogP contribution in [0.4, 0.5) is 5.82 Å². The highest BCUT2D eigenvalue weighted by atomic mass is 14.9. The third kappa shape index (κ3) is 0.941. The summed E-state index contributed by atoms with van der Waals surface area (Å²) in [5.41, 5.74) is 8.59. The normalized spacial score (nSPS) is 10.6. The van der Waals surface area contributed by atoms with Gasteiger partial charge in [0.25, 0.3) is 0 Å². The minimum atomic E-state index is 0.566. The van der Waals surface area contributed by atoms with E-state index in [9.17, 15) is 0 Å². The molecule has 0 aliphatic rings. The molecule has 0 fully saturated rings. The molecule has 2 aromatic rings. The molecule has 56 valence electrons. The van der Waals surface area contributed by atoms with Gasteiger partial charge in [-0.15, -0.1) is 0 Å². The molecule has 0 unspecified atom stereocenters. The fourth-order valence-corrected chi connectivity index (χ4v) is 1.16. The van der Waals surface area contributed by atoms with Crippen LogP contribution >= 0.6 is 0 Å². The number of aromatic nitrogens is 2. The van der Waals surface area contributed by atoms with Gasteiger partial charge in [0, 0.05) is 5.69 Å². The summed E-state index contributed by atoms with van der Waals surface area (Å²) in [5.74, 6) is 0.566. The molecule has 0 saturated carbocycles. The number of aromatic amines is 1. The lowest BCUT2D eigenvalue weighted by atomic mass is 10.4. The highest BCUT2D eigenvalue weighted by molar-refractivity contribution is 5.77. The van der Waals surface area contributed by atoms with Crippen LogP contribution in [0.3, 0.4) is 0 Å². The average molecular weight is 147 g/mol. The molecule has 0 aromatic carbocycles. The summed E-state index contributed by atoms with van der Waals surface area (Å²) in [6.45, 7) is 2.00. The summed E-state index contributed by atoms with van der Waals surface area (Å²) >= 11 is 0. The van der Waals surface area contributed by atoms with Gasteiger partial charge >= 0.3 is 0 Å². The lowest BCUT2D eigenvalue weighted by molar-refractivity contribution is 1.30. The van der Waals surface area contributed by atoms with Crippen molar-refractivity contribution in [3.8, 4) is 0 Å². The van der Waals surface area contributed by atoms with Crippen molar-refractivity contribution in [2.24, 2.45) is 0 Å². The van der Waals surface area contributed by atoms with Gasteiger partial charge in [0.2, 0.25) is 0 Å². The first-order valence-electron chi connectivity index (χ1n) is 3.47. The highest BCUT2D eigenvalue weighted by Gasteiger charge is 1.97. The Hall–Kier alpha value is -1.51. The number of nitrogen functional groups attached to an aromatic ring is 1. The van der Waals surface area contributed by atoms with Gasteiger partial charge in [-0.1, -0.05) is 0 Å². The molecule has 0 amide bonds. The molecule has 2 aromatic heterocycles. The van der Waals surface area contributed by atoms with E-state index < -0.39 is 0 Å². The molecule has 3 N–H and O–H groups in total. The molecular weight excluding hydrogens is 138 g/mol. The Balaban J connectivity index is 2.82. The molecular formula is C8H9N3. The molecule has 3 heteroatoms. The van der Waals surface area contributed by atoms with Crippen LogP contribution < -0.4 is 5.73 Å². The number of nitrogens with two attached hydrogens (primary N) is 1. The molecule has 0 bridgehead atoms. The smallest absolute Gasteiger partial charge is 0.124 e. The fourth-order valence-electron chi connectivity index (χ4n) is 1.16. The molecule has 0 atom stereocenters. The van der Waals surface area contributed by atoms with Crippen molar-refractivity contribution in [2.45, 2.75) is 6.92 Å². The topological polar surface area (TPSA) is 54.7 Å². The van der Waals surface area contributed by atoms with E-state index in [-0.39, 0.29) is 0 Å². The molecule has 11 heavy (non-hydrogen) atoms. The lowest BCUT2D eigenvalue weighted by Crippen LogP contribution is -1.87. The van der Waals surface area contributed by atoms with Crippen LogP contribution in [0.15, 0.2) is 18.2 Å². The number of nitrogens with one attached hydrogen (secondary N) is 1. The van der Waals surface area contributed by atoms with Gasteiger partial charge in [0.15, 0.2) is 0 Å². The number of anilines is 1. The van der Waals surface area contributed by atoms with E-state index in [4.69, 9.17) is 5.73 Å². The van der Waals surface area contributed by atoms with Gasteiger partial charge in [0.1, 0.15) is 5.82 Å². The lowest BCUT2D eigenvalue weighted by Gasteiger charge is -1.89. The predicted octanol–water partition coefficient (Wildman–Crippen LogP) is 1.45. The Kier molecular flexibility index (Phi) is 1.12. The number of hydrogen-bond donors (Lipinski definition) is 2. The maximum atomic E-state index is 5.51. The summed E-state index contributed by atoms with van der Waals surface area (Å²) in [7, 11) is 0. The van der Waals surface area contributed by atoms with Crippen molar-refractivity contribution in [1.29, 1.82) is 0 Å². The van der Waals surface area contributed by atoms with Crippen LogP contribution in [0, 0.1) is 6.92 Å². The molecule has 0 aliphatic carbocycles. The number of rotatable bonds is 0. The second-order valence-electron chi connectivity index (χ2n) is 2.62. The number of aryl methyl sites for hydroxylation is 1. The standard InChI is InChI=1S/C8H9N3/c1-5-4-7-6(10-5)2-3-8(9)11-7/h2-4,10H,1H3,(H2,9,11). The molecule has 0 aliphatic heterocycles. The van der Waals surface area contributed by atoms with Crippen molar-refractivity contribution in [3.63, 3.8) is 0 Å². The average Bonchev–Trinajstić information content (AvgIpc) is 2.27. The fraction of sp³-hybridized carbons (Fsp3) is 0.125. The minimum Gasteiger partial charge on any atom is -0.384 e. The summed E-state index contributed by atoms with van der Waals surface area (Å²) in [6.07, 6.45) is 0. The van der Waals surface area contributed by atoms with Crippen molar-refractivity contribution < 1.29 is 0 Å². The van der Waals surface area contributed by atoms with E-state index in [1.165, 1.54) is 0 Å². The Morgan fingerprint density at radius 1 is 1.45 bits per heavy atom. The monoisotopic (exact) mass is 147 g/mol. The van der Waals surface area contributed by atoms with Gasteiger partial charge in [-0.05, 0) is 25.1 Å². The Morgan fingerprint density at radius 3 is 3.09 bits per heavy atom. The zero-order valence-corrected chi connectivity index (χ0v) is 6.26. The molecule has 0 radical (unpaired) electrons.